The lowest BCUT2D eigenvalue weighted by molar-refractivity contribution is -0.117. The lowest BCUT2D eigenvalue weighted by Gasteiger charge is -1.99. The molecule has 0 aliphatic carbocycles. The van der Waals surface area contributed by atoms with Crippen LogP contribution < -0.4 is 0 Å². The Kier molecular flexibility index (Phi) is 8.30. The zero-order chi connectivity index (χ0) is 9.94. The highest BCUT2D eigenvalue weighted by Gasteiger charge is 1.93. The average Bonchev–Trinajstić information content (AvgIpc) is 2.09. The van der Waals surface area contributed by atoms with Gasteiger partial charge in [-0.3, -0.25) is 0 Å². The van der Waals surface area contributed by atoms with Crippen molar-refractivity contribution in [3.63, 3.8) is 0 Å². The molecule has 5 nitrogen and oxygen atoms in total. The van der Waals surface area contributed by atoms with Gasteiger partial charge < -0.3 is 9.53 Å². The first-order valence-corrected chi connectivity index (χ1v) is 4.35. The van der Waals surface area contributed by atoms with E-state index >= 15 is 0 Å². The van der Waals surface area contributed by atoms with Crippen LogP contribution in [0.5, 0.6) is 0 Å². The van der Waals surface area contributed by atoms with E-state index in [1.54, 1.807) is 6.92 Å². The van der Waals surface area contributed by atoms with Crippen molar-refractivity contribution in [1.82, 2.24) is 0 Å². The molecule has 0 aromatic rings. The van der Waals surface area contributed by atoms with E-state index in [4.69, 9.17) is 10.3 Å². The lowest BCUT2D eigenvalue weighted by atomic mass is 10.1. The predicted octanol–water partition coefficient (Wildman–Crippen LogP) is 2.42. The number of unbranched alkanes of at least 4 members (excludes halogenated alkanes) is 2. The molecule has 0 amide bonds. The molecule has 0 atom stereocenters. The topological polar surface area (TPSA) is 75.1 Å². The first-order chi connectivity index (χ1) is 6.27. The number of Topliss-reactive ketones (excluding diaryl/α,β-unsaturated/α-hetero) is 1. The lowest BCUT2D eigenvalue weighted by Crippen LogP contribution is -1.95. The minimum Gasteiger partial charge on any atom is -0.375 e. The summed E-state index contributed by atoms with van der Waals surface area (Å²) in [7, 11) is 0. The number of ketones is 1. The minimum absolute atomic E-state index is 0.100. The van der Waals surface area contributed by atoms with E-state index in [9.17, 15) is 4.79 Å². The molecule has 0 saturated carbocycles. The molecule has 0 heterocycles. The number of carbonyl (C=O) groups is 1. The second-order valence-corrected chi connectivity index (χ2v) is 2.78. The Labute approximate surface area is 77.7 Å². The summed E-state index contributed by atoms with van der Waals surface area (Å²) in [5.74, 6) is 0.231. The average molecular weight is 185 g/mol. The van der Waals surface area contributed by atoms with Crippen molar-refractivity contribution < 1.29 is 9.53 Å². The summed E-state index contributed by atoms with van der Waals surface area (Å²) in [5, 5.41) is 3.22. The predicted molar refractivity (Wildman–Crippen MR) is 49.1 cm³/mol. The maximum atomic E-state index is 10.5. The highest BCUT2D eigenvalue weighted by Crippen LogP contribution is 2.00. The summed E-state index contributed by atoms with van der Waals surface area (Å²) in [6.07, 6.45) is 3.46. The van der Waals surface area contributed by atoms with E-state index in [2.05, 4.69) is 10.0 Å². The molecule has 13 heavy (non-hydrogen) atoms. The third-order valence-electron chi connectivity index (χ3n) is 1.53. The van der Waals surface area contributed by atoms with Crippen LogP contribution in [0.2, 0.25) is 0 Å². The van der Waals surface area contributed by atoms with E-state index < -0.39 is 0 Å². The van der Waals surface area contributed by atoms with Crippen LogP contribution in [-0.2, 0) is 9.53 Å². The Morgan fingerprint density at radius 3 is 2.85 bits per heavy atom. The van der Waals surface area contributed by atoms with Gasteiger partial charge in [-0.1, -0.05) is 11.5 Å². The molecule has 0 spiro atoms. The van der Waals surface area contributed by atoms with Crippen molar-refractivity contribution in [3.05, 3.63) is 10.4 Å². The third-order valence-corrected chi connectivity index (χ3v) is 1.53. The molecule has 0 aromatic heterocycles. The zero-order valence-corrected chi connectivity index (χ0v) is 7.90. The number of rotatable bonds is 8. The van der Waals surface area contributed by atoms with Gasteiger partial charge in [0.25, 0.3) is 0 Å². The maximum Gasteiger partial charge on any atom is 0.129 e. The normalized spacial score (nSPS) is 9.31. The van der Waals surface area contributed by atoms with Gasteiger partial charge in [0, 0.05) is 17.9 Å². The van der Waals surface area contributed by atoms with E-state index in [0.29, 0.717) is 13.0 Å². The van der Waals surface area contributed by atoms with Crippen LogP contribution in [0, 0.1) is 0 Å². The van der Waals surface area contributed by atoms with Crippen LogP contribution in [0.1, 0.15) is 32.6 Å². The van der Waals surface area contributed by atoms with Gasteiger partial charge in [0.15, 0.2) is 0 Å². The van der Waals surface area contributed by atoms with Crippen molar-refractivity contribution in [3.8, 4) is 0 Å². The molecule has 0 aliphatic heterocycles. The molecule has 0 bridgehead atoms. The van der Waals surface area contributed by atoms with Gasteiger partial charge in [-0.05, 0) is 25.3 Å². The van der Waals surface area contributed by atoms with Gasteiger partial charge in [0.2, 0.25) is 0 Å². The van der Waals surface area contributed by atoms with Gasteiger partial charge in [0.1, 0.15) is 12.5 Å². The molecule has 0 fully saturated rings. The van der Waals surface area contributed by atoms with Crippen molar-refractivity contribution in [2.24, 2.45) is 5.11 Å². The second kappa shape index (κ2) is 9.03. The van der Waals surface area contributed by atoms with Crippen molar-refractivity contribution in [2.75, 3.05) is 13.3 Å². The minimum atomic E-state index is 0.100. The van der Waals surface area contributed by atoms with Gasteiger partial charge in [-0.25, -0.2) is 0 Å². The van der Waals surface area contributed by atoms with Gasteiger partial charge in [0.05, 0.1) is 0 Å². The van der Waals surface area contributed by atoms with Crippen LogP contribution >= 0.6 is 0 Å². The van der Waals surface area contributed by atoms with Gasteiger partial charge in [-0.15, -0.1) is 0 Å². The Balaban J connectivity index is 2.99. The second-order valence-electron chi connectivity index (χ2n) is 2.78. The Bertz CT molecular complexity index is 182. The fourth-order valence-electron chi connectivity index (χ4n) is 0.886. The van der Waals surface area contributed by atoms with E-state index in [0.717, 1.165) is 19.3 Å². The summed E-state index contributed by atoms with van der Waals surface area (Å²) in [5.41, 5.74) is 7.91. The zero-order valence-electron chi connectivity index (χ0n) is 7.90. The number of azide groups is 1. The number of hydrogen-bond acceptors (Lipinski definition) is 3. The summed E-state index contributed by atoms with van der Waals surface area (Å²) in [4.78, 5) is 13.1. The van der Waals surface area contributed by atoms with Gasteiger partial charge >= 0.3 is 0 Å². The Morgan fingerprint density at radius 1 is 1.46 bits per heavy atom. The van der Waals surface area contributed by atoms with Crippen molar-refractivity contribution >= 4 is 5.78 Å². The van der Waals surface area contributed by atoms with E-state index in [-0.39, 0.29) is 12.5 Å². The quantitative estimate of drug-likeness (QED) is 0.252. The first-order valence-electron chi connectivity index (χ1n) is 4.35. The fourth-order valence-corrected chi connectivity index (χ4v) is 0.886. The summed E-state index contributed by atoms with van der Waals surface area (Å²) in [6.45, 7) is 2.29. The Hall–Kier alpha value is -1.06. The summed E-state index contributed by atoms with van der Waals surface area (Å²) < 4.78 is 4.98. The molecular weight excluding hydrogens is 170 g/mol. The standard InChI is InChI=1S/C8H15N3O2/c1-8(12)5-3-2-4-6-13-7-10-11-9/h2-7H2,1H3. The monoisotopic (exact) mass is 185 g/mol. The molecule has 0 radical (unpaired) electrons. The third kappa shape index (κ3) is 10.9. The molecule has 0 unspecified atom stereocenters. The van der Waals surface area contributed by atoms with E-state index in [1.807, 2.05) is 0 Å². The highest BCUT2D eigenvalue weighted by atomic mass is 16.5. The number of nitrogens with zero attached hydrogens (tertiary/aromatic N) is 3. The molecule has 0 aromatic carbocycles. The van der Waals surface area contributed by atoms with Crippen molar-refractivity contribution in [2.45, 2.75) is 32.6 Å². The summed E-state index contributed by atoms with van der Waals surface area (Å²) in [6, 6.07) is 0. The molecule has 0 saturated heterocycles. The van der Waals surface area contributed by atoms with Crippen LogP contribution in [0.25, 0.3) is 10.4 Å². The fraction of sp³-hybridized carbons (Fsp3) is 0.875. The summed E-state index contributed by atoms with van der Waals surface area (Å²) >= 11 is 0. The molecular formula is C8H15N3O2. The Morgan fingerprint density at radius 2 is 2.23 bits per heavy atom. The molecule has 0 N–H and O–H groups in total. The first kappa shape index (κ1) is 11.9. The highest BCUT2D eigenvalue weighted by molar-refractivity contribution is 5.75. The molecule has 0 aliphatic rings. The number of carbonyl (C=O) groups excluding carboxylic acids is 1. The number of hydrogen-bond donors (Lipinski definition) is 0. The van der Waals surface area contributed by atoms with Gasteiger partial charge in [-0.2, -0.15) is 0 Å². The van der Waals surface area contributed by atoms with Crippen LogP contribution in [0.4, 0.5) is 0 Å². The maximum absolute atomic E-state index is 10.5. The van der Waals surface area contributed by atoms with Crippen LogP contribution in [0.3, 0.4) is 0 Å². The molecule has 0 rings (SSSR count). The number of ether oxygens (including phenoxy) is 1. The molecule has 74 valence electrons. The largest absolute Gasteiger partial charge is 0.375 e. The van der Waals surface area contributed by atoms with Crippen LogP contribution in [-0.4, -0.2) is 19.1 Å². The van der Waals surface area contributed by atoms with E-state index in [1.165, 1.54) is 0 Å². The smallest absolute Gasteiger partial charge is 0.129 e. The van der Waals surface area contributed by atoms with Crippen molar-refractivity contribution in [1.29, 1.82) is 0 Å². The SMILES string of the molecule is CC(=O)CCCCCOCN=[N+]=[N-]. The van der Waals surface area contributed by atoms with Crippen LogP contribution in [0.15, 0.2) is 5.11 Å². The molecule has 5 heteroatoms.